The first-order valence-electron chi connectivity index (χ1n) is 8.60. The Bertz CT molecular complexity index is 587. The van der Waals surface area contributed by atoms with Crippen molar-refractivity contribution < 1.29 is 23.9 Å². The summed E-state index contributed by atoms with van der Waals surface area (Å²) in [6, 6.07) is 9.37. The highest BCUT2D eigenvalue weighted by molar-refractivity contribution is 6.74. The molecule has 0 bridgehead atoms. The van der Waals surface area contributed by atoms with E-state index in [9.17, 15) is 9.59 Å². The third-order valence-electron chi connectivity index (χ3n) is 4.44. The van der Waals surface area contributed by atoms with Crippen LogP contribution in [0.5, 0.6) is 0 Å². The topological polar surface area (TPSA) is 96.9 Å². The van der Waals surface area contributed by atoms with Crippen LogP contribution in [0.2, 0.25) is 18.1 Å². The lowest BCUT2D eigenvalue weighted by atomic mass is 10.2. The molecule has 1 aromatic carbocycles. The predicted octanol–water partition coefficient (Wildman–Crippen LogP) is 3.57. The molecular weight excluding hydrogens is 352 g/mol. The molecule has 0 aliphatic carbocycles. The van der Waals surface area contributed by atoms with Gasteiger partial charge in [0, 0.05) is 13.1 Å². The third-order valence-corrected chi connectivity index (χ3v) is 8.97. The summed E-state index contributed by atoms with van der Waals surface area (Å²) in [5.41, 5.74) is 0.893. The van der Waals surface area contributed by atoms with Crippen LogP contribution in [0, 0.1) is 0 Å². The van der Waals surface area contributed by atoms with E-state index in [1.165, 1.54) is 0 Å². The smallest absolute Gasteiger partial charge is 0.407 e. The number of carboxylic acid groups (broad SMARTS) is 1. The largest absolute Gasteiger partial charge is 0.465 e. The summed E-state index contributed by atoms with van der Waals surface area (Å²) in [6.07, 6.45) is -2.15. The van der Waals surface area contributed by atoms with Crippen LogP contribution in [0.4, 0.5) is 9.59 Å². The molecule has 0 aromatic heterocycles. The van der Waals surface area contributed by atoms with Crippen LogP contribution in [0.1, 0.15) is 26.3 Å². The van der Waals surface area contributed by atoms with Crippen molar-refractivity contribution in [1.82, 2.24) is 10.6 Å². The van der Waals surface area contributed by atoms with E-state index in [2.05, 4.69) is 44.5 Å². The summed E-state index contributed by atoms with van der Waals surface area (Å²) < 4.78 is 11.4. The maximum Gasteiger partial charge on any atom is 0.407 e. The Kier molecular flexibility index (Phi) is 8.10. The number of alkyl carbamates (subject to hydrolysis) is 1. The Labute approximate surface area is 156 Å². The molecule has 8 heteroatoms. The van der Waals surface area contributed by atoms with Crippen molar-refractivity contribution in [3.8, 4) is 0 Å². The molecule has 1 unspecified atom stereocenters. The van der Waals surface area contributed by atoms with Gasteiger partial charge in [-0.3, -0.25) is 0 Å². The molecule has 0 aliphatic rings. The summed E-state index contributed by atoms with van der Waals surface area (Å²) in [4.78, 5) is 22.7. The monoisotopic (exact) mass is 382 g/mol. The van der Waals surface area contributed by atoms with Crippen molar-refractivity contribution in [1.29, 1.82) is 0 Å². The van der Waals surface area contributed by atoms with Gasteiger partial charge in [0.05, 0.1) is 6.10 Å². The molecular formula is C18H30N2O5Si. The summed E-state index contributed by atoms with van der Waals surface area (Å²) in [6.45, 7) is 10.9. The van der Waals surface area contributed by atoms with Gasteiger partial charge in [0.15, 0.2) is 8.32 Å². The van der Waals surface area contributed by atoms with Gasteiger partial charge in [-0.2, -0.15) is 0 Å². The molecule has 0 heterocycles. The molecule has 7 nitrogen and oxygen atoms in total. The first kappa shape index (κ1) is 22.0. The summed E-state index contributed by atoms with van der Waals surface area (Å²) in [5.74, 6) is 0. The average Bonchev–Trinajstić information content (AvgIpc) is 2.55. The van der Waals surface area contributed by atoms with Gasteiger partial charge in [0.2, 0.25) is 0 Å². The molecule has 0 fully saturated rings. The fourth-order valence-electron chi connectivity index (χ4n) is 1.92. The van der Waals surface area contributed by atoms with E-state index in [0.29, 0.717) is 0 Å². The number of nitrogens with one attached hydrogen (secondary N) is 2. The first-order chi connectivity index (χ1) is 12.0. The highest BCUT2D eigenvalue weighted by Crippen LogP contribution is 2.37. The van der Waals surface area contributed by atoms with Crippen LogP contribution in [-0.4, -0.2) is 44.8 Å². The molecule has 1 rings (SSSR count). The van der Waals surface area contributed by atoms with E-state index in [-0.39, 0.29) is 24.7 Å². The Balaban J connectivity index is 2.56. The molecule has 1 atom stereocenters. The van der Waals surface area contributed by atoms with E-state index in [1.807, 2.05) is 30.3 Å². The zero-order valence-electron chi connectivity index (χ0n) is 16.2. The minimum Gasteiger partial charge on any atom is -0.465 e. The van der Waals surface area contributed by atoms with Crippen molar-refractivity contribution in [3.63, 3.8) is 0 Å². The van der Waals surface area contributed by atoms with E-state index < -0.39 is 26.6 Å². The fraction of sp³-hybridized carbons (Fsp3) is 0.556. The molecule has 3 N–H and O–H groups in total. The van der Waals surface area contributed by atoms with Crippen LogP contribution < -0.4 is 10.6 Å². The number of ether oxygens (including phenoxy) is 1. The highest BCUT2D eigenvalue weighted by Gasteiger charge is 2.39. The van der Waals surface area contributed by atoms with Crippen molar-refractivity contribution in [3.05, 3.63) is 35.9 Å². The van der Waals surface area contributed by atoms with E-state index in [0.717, 1.165) is 5.56 Å². The zero-order chi connectivity index (χ0) is 19.8. The van der Waals surface area contributed by atoms with Crippen LogP contribution in [0.25, 0.3) is 0 Å². The SMILES string of the molecule is CC(C)(C)[Si](C)(C)OC(CNC(=O)O)CNC(=O)OCc1ccccc1. The second kappa shape index (κ2) is 9.58. The summed E-state index contributed by atoms with van der Waals surface area (Å²) in [7, 11) is -2.11. The maximum absolute atomic E-state index is 11.9. The minimum atomic E-state index is -2.11. The third kappa shape index (κ3) is 7.88. The maximum atomic E-state index is 11.9. The quantitative estimate of drug-likeness (QED) is 0.597. The van der Waals surface area contributed by atoms with Crippen molar-refractivity contribution >= 4 is 20.5 Å². The highest BCUT2D eigenvalue weighted by atomic mass is 28.4. The molecule has 2 amide bonds. The number of carbonyl (C=O) groups excluding carboxylic acids is 1. The van der Waals surface area contributed by atoms with Crippen LogP contribution in [-0.2, 0) is 15.8 Å². The van der Waals surface area contributed by atoms with Gasteiger partial charge in [0.1, 0.15) is 6.61 Å². The number of hydrogen-bond donors (Lipinski definition) is 3. The Morgan fingerprint density at radius 3 is 2.23 bits per heavy atom. The Morgan fingerprint density at radius 1 is 1.12 bits per heavy atom. The van der Waals surface area contributed by atoms with Gasteiger partial charge in [-0.15, -0.1) is 0 Å². The first-order valence-corrected chi connectivity index (χ1v) is 11.5. The molecule has 0 spiro atoms. The van der Waals surface area contributed by atoms with Crippen molar-refractivity contribution in [2.45, 2.75) is 51.6 Å². The average molecular weight is 383 g/mol. The molecule has 0 saturated heterocycles. The Morgan fingerprint density at radius 2 is 1.69 bits per heavy atom. The number of benzene rings is 1. The van der Waals surface area contributed by atoms with E-state index in [1.54, 1.807) is 0 Å². The second-order valence-corrected chi connectivity index (χ2v) is 12.4. The number of carbonyl (C=O) groups is 2. The standard InChI is InChI=1S/C18H30N2O5Si/c1-18(2,3)26(4,5)25-15(11-19-16(21)22)12-20-17(23)24-13-14-9-7-6-8-10-14/h6-10,15,19H,11-13H2,1-5H3,(H,20,23)(H,21,22). The van der Waals surface area contributed by atoms with Gasteiger partial charge in [0.25, 0.3) is 0 Å². The van der Waals surface area contributed by atoms with Gasteiger partial charge in [-0.05, 0) is 23.7 Å². The van der Waals surface area contributed by atoms with Gasteiger partial charge < -0.3 is 24.9 Å². The molecule has 0 aliphatic heterocycles. The number of hydrogen-bond acceptors (Lipinski definition) is 4. The molecule has 0 radical (unpaired) electrons. The summed E-state index contributed by atoms with van der Waals surface area (Å²) in [5, 5.41) is 13.8. The van der Waals surface area contributed by atoms with Crippen LogP contribution in [0.15, 0.2) is 30.3 Å². The van der Waals surface area contributed by atoms with Gasteiger partial charge >= 0.3 is 12.2 Å². The predicted molar refractivity (Wildman–Crippen MR) is 103 cm³/mol. The normalized spacial score (nSPS) is 13.0. The number of rotatable bonds is 8. The van der Waals surface area contributed by atoms with Crippen molar-refractivity contribution in [2.75, 3.05) is 13.1 Å². The van der Waals surface area contributed by atoms with Crippen LogP contribution >= 0.6 is 0 Å². The van der Waals surface area contributed by atoms with Crippen LogP contribution in [0.3, 0.4) is 0 Å². The van der Waals surface area contributed by atoms with Gasteiger partial charge in [-0.1, -0.05) is 51.1 Å². The lowest BCUT2D eigenvalue weighted by Gasteiger charge is -2.39. The molecule has 0 saturated carbocycles. The number of amides is 2. The molecule has 146 valence electrons. The summed E-state index contributed by atoms with van der Waals surface area (Å²) >= 11 is 0. The van der Waals surface area contributed by atoms with Crippen molar-refractivity contribution in [2.24, 2.45) is 0 Å². The Hall–Kier alpha value is -2.06. The van der Waals surface area contributed by atoms with Gasteiger partial charge in [-0.25, -0.2) is 9.59 Å². The lowest BCUT2D eigenvalue weighted by Crippen LogP contribution is -2.50. The molecule has 1 aromatic rings. The molecule has 26 heavy (non-hydrogen) atoms. The van der Waals surface area contributed by atoms with E-state index in [4.69, 9.17) is 14.3 Å². The van der Waals surface area contributed by atoms with E-state index >= 15 is 0 Å². The zero-order valence-corrected chi connectivity index (χ0v) is 17.2. The second-order valence-electron chi connectivity index (χ2n) is 7.63. The minimum absolute atomic E-state index is 0.0255. The fourth-order valence-corrected chi connectivity index (χ4v) is 3.27. The lowest BCUT2D eigenvalue weighted by molar-refractivity contribution is 0.126.